The van der Waals surface area contributed by atoms with Crippen LogP contribution in [0.25, 0.3) is 0 Å². The number of aryl methyl sites for hydroxylation is 2. The number of carbonyl (C=O) groups is 1. The molecular weight excluding hydrogens is 276 g/mol. The SMILES string of the molecule is CNCC1CCCN(C(=O)c2c(C)nn(C)c2C)C1.Cl. The van der Waals surface area contributed by atoms with E-state index in [2.05, 4.69) is 10.4 Å². The van der Waals surface area contributed by atoms with Gasteiger partial charge in [0.1, 0.15) is 0 Å². The molecule has 1 aliphatic heterocycles. The number of halogens is 1. The molecule has 1 saturated heterocycles. The quantitative estimate of drug-likeness (QED) is 0.921. The fourth-order valence-electron chi connectivity index (χ4n) is 2.95. The van der Waals surface area contributed by atoms with E-state index in [1.165, 1.54) is 6.42 Å². The Kier molecular flexibility index (Phi) is 6.02. The number of likely N-dealkylation sites (tertiary alicyclic amines) is 1. The van der Waals surface area contributed by atoms with Gasteiger partial charge in [-0.1, -0.05) is 0 Å². The third kappa shape index (κ3) is 3.33. The second-order valence-corrected chi connectivity index (χ2v) is 5.49. The summed E-state index contributed by atoms with van der Waals surface area (Å²) in [6, 6.07) is 0. The van der Waals surface area contributed by atoms with E-state index < -0.39 is 0 Å². The lowest BCUT2D eigenvalue weighted by atomic mass is 9.97. The summed E-state index contributed by atoms with van der Waals surface area (Å²) in [7, 11) is 3.86. The molecule has 20 heavy (non-hydrogen) atoms. The highest BCUT2D eigenvalue weighted by atomic mass is 35.5. The topological polar surface area (TPSA) is 50.2 Å². The van der Waals surface area contributed by atoms with E-state index in [0.717, 1.165) is 43.0 Å². The van der Waals surface area contributed by atoms with Gasteiger partial charge in [-0.2, -0.15) is 5.10 Å². The minimum atomic E-state index is 0. The van der Waals surface area contributed by atoms with Crippen LogP contribution in [0.3, 0.4) is 0 Å². The maximum Gasteiger partial charge on any atom is 0.257 e. The van der Waals surface area contributed by atoms with Crippen molar-refractivity contribution in [1.29, 1.82) is 0 Å². The molecule has 1 aromatic heterocycles. The fourth-order valence-corrected chi connectivity index (χ4v) is 2.95. The Morgan fingerprint density at radius 2 is 2.15 bits per heavy atom. The average molecular weight is 301 g/mol. The molecule has 0 bridgehead atoms. The minimum Gasteiger partial charge on any atom is -0.338 e. The molecule has 1 aliphatic rings. The van der Waals surface area contributed by atoms with Gasteiger partial charge in [0.25, 0.3) is 5.91 Å². The van der Waals surface area contributed by atoms with Crippen LogP contribution < -0.4 is 5.32 Å². The van der Waals surface area contributed by atoms with Gasteiger partial charge in [0, 0.05) is 25.8 Å². The zero-order valence-electron chi connectivity index (χ0n) is 12.8. The summed E-state index contributed by atoms with van der Waals surface area (Å²) in [5.41, 5.74) is 2.58. The lowest BCUT2D eigenvalue weighted by Gasteiger charge is -2.32. The van der Waals surface area contributed by atoms with Gasteiger partial charge in [-0.3, -0.25) is 9.48 Å². The molecule has 0 spiro atoms. The molecule has 6 heteroatoms. The van der Waals surface area contributed by atoms with Crippen molar-refractivity contribution in [2.24, 2.45) is 13.0 Å². The maximum absolute atomic E-state index is 12.7. The standard InChI is InChI=1S/C14H24N4O.ClH/c1-10-13(11(2)17(4)16-10)14(19)18-7-5-6-12(9-18)8-15-3;/h12,15H,5-9H2,1-4H3;1H. The van der Waals surface area contributed by atoms with E-state index in [1.807, 2.05) is 32.8 Å². The summed E-state index contributed by atoms with van der Waals surface area (Å²) in [5, 5.41) is 7.55. The van der Waals surface area contributed by atoms with Crippen molar-refractivity contribution in [1.82, 2.24) is 20.0 Å². The molecule has 0 aromatic carbocycles. The first kappa shape index (κ1) is 17.0. The molecule has 1 aromatic rings. The number of piperidine rings is 1. The summed E-state index contributed by atoms with van der Waals surface area (Å²) in [5.74, 6) is 0.712. The lowest BCUT2D eigenvalue weighted by molar-refractivity contribution is 0.0672. The Balaban J connectivity index is 0.00000200. The first-order valence-corrected chi connectivity index (χ1v) is 6.98. The second kappa shape index (κ2) is 7.09. The van der Waals surface area contributed by atoms with E-state index in [9.17, 15) is 4.79 Å². The van der Waals surface area contributed by atoms with E-state index in [1.54, 1.807) is 4.68 Å². The van der Waals surface area contributed by atoms with Crippen molar-refractivity contribution in [2.45, 2.75) is 26.7 Å². The van der Waals surface area contributed by atoms with E-state index >= 15 is 0 Å². The van der Waals surface area contributed by atoms with Gasteiger partial charge < -0.3 is 10.2 Å². The summed E-state index contributed by atoms with van der Waals surface area (Å²) < 4.78 is 1.79. The largest absolute Gasteiger partial charge is 0.338 e. The van der Waals surface area contributed by atoms with Crippen molar-refractivity contribution < 1.29 is 4.79 Å². The Hall–Kier alpha value is -1.07. The van der Waals surface area contributed by atoms with Gasteiger partial charge in [-0.05, 0) is 46.2 Å². The summed E-state index contributed by atoms with van der Waals surface area (Å²) in [4.78, 5) is 14.6. The fraction of sp³-hybridized carbons (Fsp3) is 0.714. The van der Waals surface area contributed by atoms with Crippen molar-refractivity contribution in [3.8, 4) is 0 Å². The van der Waals surface area contributed by atoms with E-state index in [4.69, 9.17) is 0 Å². The zero-order valence-corrected chi connectivity index (χ0v) is 13.6. The Labute approximate surface area is 127 Å². The molecule has 1 atom stereocenters. The summed E-state index contributed by atoms with van der Waals surface area (Å²) >= 11 is 0. The minimum absolute atomic E-state index is 0. The van der Waals surface area contributed by atoms with Gasteiger partial charge in [0.2, 0.25) is 0 Å². The average Bonchev–Trinajstić information content (AvgIpc) is 2.63. The van der Waals surface area contributed by atoms with Crippen LogP contribution in [0.15, 0.2) is 0 Å². The van der Waals surface area contributed by atoms with Gasteiger partial charge in [0.05, 0.1) is 11.3 Å². The second-order valence-electron chi connectivity index (χ2n) is 5.49. The molecule has 1 unspecified atom stereocenters. The Morgan fingerprint density at radius 1 is 1.45 bits per heavy atom. The van der Waals surface area contributed by atoms with Gasteiger partial charge in [-0.15, -0.1) is 12.4 Å². The van der Waals surface area contributed by atoms with Crippen LogP contribution >= 0.6 is 12.4 Å². The monoisotopic (exact) mass is 300 g/mol. The third-order valence-corrected chi connectivity index (χ3v) is 4.02. The van der Waals surface area contributed by atoms with Crippen molar-refractivity contribution >= 4 is 18.3 Å². The van der Waals surface area contributed by atoms with Crippen molar-refractivity contribution in [3.63, 3.8) is 0 Å². The van der Waals surface area contributed by atoms with Crippen LogP contribution in [0, 0.1) is 19.8 Å². The highest BCUT2D eigenvalue weighted by Crippen LogP contribution is 2.21. The zero-order chi connectivity index (χ0) is 14.0. The molecular formula is C14H25ClN4O. The predicted molar refractivity (Wildman–Crippen MR) is 82.5 cm³/mol. The van der Waals surface area contributed by atoms with Gasteiger partial charge in [-0.25, -0.2) is 0 Å². The predicted octanol–water partition coefficient (Wildman–Crippen LogP) is 1.53. The number of rotatable bonds is 3. The molecule has 0 radical (unpaired) electrons. The summed E-state index contributed by atoms with van der Waals surface area (Å²) in [6.07, 6.45) is 2.30. The number of aromatic nitrogens is 2. The van der Waals surface area contributed by atoms with Crippen LogP contribution in [0.1, 0.15) is 34.6 Å². The van der Waals surface area contributed by atoms with Crippen LogP contribution in [0.2, 0.25) is 0 Å². The van der Waals surface area contributed by atoms with E-state index in [-0.39, 0.29) is 18.3 Å². The van der Waals surface area contributed by atoms with Gasteiger partial charge in [0.15, 0.2) is 0 Å². The Morgan fingerprint density at radius 3 is 2.70 bits per heavy atom. The van der Waals surface area contributed by atoms with Crippen molar-refractivity contribution in [3.05, 3.63) is 17.0 Å². The molecule has 1 fully saturated rings. The third-order valence-electron chi connectivity index (χ3n) is 4.02. The highest BCUT2D eigenvalue weighted by molar-refractivity contribution is 5.96. The van der Waals surface area contributed by atoms with Crippen LogP contribution in [0.4, 0.5) is 0 Å². The smallest absolute Gasteiger partial charge is 0.257 e. The molecule has 5 nitrogen and oxygen atoms in total. The molecule has 2 heterocycles. The number of hydrogen-bond donors (Lipinski definition) is 1. The van der Waals surface area contributed by atoms with Crippen LogP contribution in [-0.2, 0) is 7.05 Å². The summed E-state index contributed by atoms with van der Waals surface area (Å²) in [6.45, 7) is 6.58. The van der Waals surface area contributed by atoms with Crippen LogP contribution in [-0.4, -0.2) is 47.3 Å². The molecule has 1 N–H and O–H groups in total. The molecule has 0 saturated carbocycles. The molecule has 0 aliphatic carbocycles. The molecule has 1 amide bonds. The molecule has 114 valence electrons. The maximum atomic E-state index is 12.7. The Bertz CT molecular complexity index is 470. The number of hydrogen-bond acceptors (Lipinski definition) is 3. The number of amides is 1. The highest BCUT2D eigenvalue weighted by Gasteiger charge is 2.27. The lowest BCUT2D eigenvalue weighted by Crippen LogP contribution is -2.42. The number of nitrogens with zero attached hydrogens (tertiary/aromatic N) is 3. The number of nitrogens with one attached hydrogen (secondary N) is 1. The first-order valence-electron chi connectivity index (χ1n) is 6.98. The van der Waals surface area contributed by atoms with E-state index in [0.29, 0.717) is 5.92 Å². The van der Waals surface area contributed by atoms with Gasteiger partial charge >= 0.3 is 0 Å². The van der Waals surface area contributed by atoms with Crippen molar-refractivity contribution in [2.75, 3.05) is 26.7 Å². The number of carbonyl (C=O) groups excluding carboxylic acids is 1. The van der Waals surface area contributed by atoms with Crippen LogP contribution in [0.5, 0.6) is 0 Å². The first-order chi connectivity index (χ1) is 9.04. The molecule has 2 rings (SSSR count). The normalized spacial score (nSPS) is 18.8.